The number of hydrogen-bond acceptors (Lipinski definition) is 4. The lowest BCUT2D eigenvalue weighted by Gasteiger charge is -2.12. The average molecular weight is 280 g/mol. The second-order valence-corrected chi connectivity index (χ2v) is 4.20. The Labute approximate surface area is 116 Å². The number of carbonyl (C=O) groups is 1. The monoisotopic (exact) mass is 279 g/mol. The molecule has 0 aliphatic carbocycles. The smallest absolute Gasteiger partial charge is 0.267 e. The fourth-order valence-corrected chi connectivity index (χ4v) is 1.52. The highest BCUT2D eigenvalue weighted by Gasteiger charge is 2.11. The minimum absolute atomic E-state index is 0.0577. The molecule has 1 amide bonds. The number of hydrogen-bond donors (Lipinski definition) is 2. The Morgan fingerprint density at radius 3 is 2.84 bits per heavy atom. The predicted octanol–water partition coefficient (Wildman–Crippen LogP) is 1.61. The molecular weight excluding hydrogens is 266 g/mol. The summed E-state index contributed by atoms with van der Waals surface area (Å²) in [6, 6.07) is 8.58. The number of benzene rings is 1. The van der Waals surface area contributed by atoms with Crippen LogP contribution in [0, 0.1) is 11.3 Å². The van der Waals surface area contributed by atoms with Gasteiger partial charge in [-0.25, -0.2) is 0 Å². The van der Waals surface area contributed by atoms with Crippen LogP contribution in [0.5, 0.6) is 0 Å². The van der Waals surface area contributed by atoms with E-state index in [1.165, 1.54) is 6.20 Å². The van der Waals surface area contributed by atoms with Gasteiger partial charge < -0.3 is 15.3 Å². The van der Waals surface area contributed by atoms with Gasteiger partial charge in [0.25, 0.3) is 5.91 Å². The number of rotatable bonds is 5. The molecule has 2 N–H and O–H groups in total. The van der Waals surface area contributed by atoms with Crippen LogP contribution in [0.2, 0.25) is 5.02 Å². The number of nitrogens with zero attached hydrogens (tertiary/aromatic N) is 2. The molecule has 0 aliphatic rings. The number of anilines is 1. The number of nitrogens with one attached hydrogen (secondary N) is 1. The van der Waals surface area contributed by atoms with Gasteiger partial charge in [-0.1, -0.05) is 23.7 Å². The third-order valence-electron chi connectivity index (χ3n) is 2.29. The van der Waals surface area contributed by atoms with Gasteiger partial charge in [-0.15, -0.1) is 0 Å². The van der Waals surface area contributed by atoms with Gasteiger partial charge >= 0.3 is 0 Å². The SMILES string of the molecule is CN(/C=C(/C#N)C(=O)Nc1ccccc1Cl)CCO. The summed E-state index contributed by atoms with van der Waals surface area (Å²) in [5.41, 5.74) is 0.385. The molecule has 0 radical (unpaired) electrons. The first-order valence-corrected chi connectivity index (χ1v) is 5.95. The maximum atomic E-state index is 11.9. The molecular formula is C13H14ClN3O2. The van der Waals surface area contributed by atoms with Gasteiger partial charge in [0.15, 0.2) is 0 Å². The first-order chi connectivity index (χ1) is 9.08. The predicted molar refractivity (Wildman–Crippen MR) is 73.5 cm³/mol. The highest BCUT2D eigenvalue weighted by atomic mass is 35.5. The van der Waals surface area contributed by atoms with E-state index >= 15 is 0 Å². The van der Waals surface area contributed by atoms with E-state index in [-0.39, 0.29) is 12.2 Å². The summed E-state index contributed by atoms with van der Waals surface area (Å²) in [5, 5.41) is 20.7. The van der Waals surface area contributed by atoms with Crippen molar-refractivity contribution in [3.05, 3.63) is 41.1 Å². The van der Waals surface area contributed by atoms with Crippen LogP contribution in [0.3, 0.4) is 0 Å². The molecule has 0 saturated heterocycles. The van der Waals surface area contributed by atoms with E-state index in [9.17, 15) is 4.79 Å². The zero-order valence-corrected chi connectivity index (χ0v) is 11.2. The lowest BCUT2D eigenvalue weighted by molar-refractivity contribution is -0.112. The molecule has 19 heavy (non-hydrogen) atoms. The number of carbonyl (C=O) groups excluding carboxylic acids is 1. The molecule has 1 aromatic rings. The molecule has 5 nitrogen and oxygen atoms in total. The van der Waals surface area contributed by atoms with Crippen molar-refractivity contribution in [3.63, 3.8) is 0 Å². The van der Waals surface area contributed by atoms with Gasteiger partial charge in [0, 0.05) is 19.8 Å². The van der Waals surface area contributed by atoms with Gasteiger partial charge in [-0.05, 0) is 12.1 Å². The molecule has 0 heterocycles. The zero-order valence-electron chi connectivity index (χ0n) is 10.4. The molecule has 0 fully saturated rings. The molecule has 1 rings (SSSR count). The van der Waals surface area contributed by atoms with Crippen LogP contribution in [0.25, 0.3) is 0 Å². The summed E-state index contributed by atoms with van der Waals surface area (Å²) in [4.78, 5) is 13.4. The van der Waals surface area contributed by atoms with Gasteiger partial charge in [0.2, 0.25) is 0 Å². The Morgan fingerprint density at radius 2 is 2.26 bits per heavy atom. The summed E-state index contributed by atoms with van der Waals surface area (Å²) in [7, 11) is 1.66. The van der Waals surface area contributed by atoms with Gasteiger partial charge in [-0.3, -0.25) is 4.79 Å². The van der Waals surface area contributed by atoms with Gasteiger partial charge in [0.1, 0.15) is 11.6 Å². The van der Waals surface area contributed by atoms with Crippen molar-refractivity contribution in [2.24, 2.45) is 0 Å². The van der Waals surface area contributed by atoms with Crippen LogP contribution in [-0.2, 0) is 4.79 Å². The topological polar surface area (TPSA) is 76.4 Å². The van der Waals surface area contributed by atoms with E-state index in [4.69, 9.17) is 22.0 Å². The summed E-state index contributed by atoms with van der Waals surface area (Å²) in [6.45, 7) is 0.280. The molecule has 1 aromatic carbocycles. The number of amides is 1. The standard InChI is InChI=1S/C13H14ClN3O2/c1-17(6-7-18)9-10(8-15)13(19)16-12-5-3-2-4-11(12)14/h2-5,9,18H,6-7H2,1H3,(H,16,19)/b10-9-. The quantitative estimate of drug-likeness (QED) is 0.634. The summed E-state index contributed by atoms with van der Waals surface area (Å²) < 4.78 is 0. The third-order valence-corrected chi connectivity index (χ3v) is 2.62. The molecule has 100 valence electrons. The second kappa shape index (κ2) is 7.41. The number of aliphatic hydroxyl groups is 1. The Kier molecular flexibility index (Phi) is 5.86. The van der Waals surface area contributed by atoms with Crippen molar-refractivity contribution < 1.29 is 9.90 Å². The Morgan fingerprint density at radius 1 is 1.58 bits per heavy atom. The lowest BCUT2D eigenvalue weighted by Crippen LogP contribution is -2.20. The Balaban J connectivity index is 2.81. The molecule has 0 atom stereocenters. The summed E-state index contributed by atoms with van der Waals surface area (Å²) >= 11 is 5.91. The minimum atomic E-state index is -0.541. The van der Waals surface area contributed by atoms with Crippen LogP contribution in [-0.4, -0.2) is 36.1 Å². The Hall–Kier alpha value is -2.03. The molecule has 0 spiro atoms. The van der Waals surface area contributed by atoms with Crippen molar-refractivity contribution >= 4 is 23.2 Å². The number of likely N-dealkylation sites (N-methyl/N-ethyl adjacent to an activating group) is 1. The van der Waals surface area contributed by atoms with Gasteiger partial charge in [-0.2, -0.15) is 5.26 Å². The number of halogens is 1. The van der Waals surface area contributed by atoms with E-state index in [1.807, 2.05) is 6.07 Å². The lowest BCUT2D eigenvalue weighted by atomic mass is 10.2. The number of para-hydroxylation sites is 1. The van der Waals surface area contributed by atoms with E-state index in [2.05, 4.69) is 5.32 Å². The van der Waals surface area contributed by atoms with Crippen molar-refractivity contribution in [1.29, 1.82) is 5.26 Å². The molecule has 0 aliphatic heterocycles. The van der Waals surface area contributed by atoms with Crippen LogP contribution in [0.15, 0.2) is 36.0 Å². The number of nitriles is 1. The second-order valence-electron chi connectivity index (χ2n) is 3.79. The normalized spacial score (nSPS) is 10.7. The van der Waals surface area contributed by atoms with Crippen LogP contribution < -0.4 is 5.32 Å². The van der Waals surface area contributed by atoms with Gasteiger partial charge in [0.05, 0.1) is 17.3 Å². The highest BCUT2D eigenvalue weighted by Crippen LogP contribution is 2.20. The van der Waals surface area contributed by atoms with Crippen LogP contribution in [0.1, 0.15) is 0 Å². The molecule has 0 unspecified atom stereocenters. The van der Waals surface area contributed by atoms with Crippen LogP contribution >= 0.6 is 11.6 Å². The Bertz CT molecular complexity index is 523. The van der Waals surface area contributed by atoms with Crippen molar-refractivity contribution in [2.75, 3.05) is 25.5 Å². The van der Waals surface area contributed by atoms with E-state index in [0.717, 1.165) is 0 Å². The zero-order chi connectivity index (χ0) is 14.3. The first-order valence-electron chi connectivity index (χ1n) is 5.57. The fourth-order valence-electron chi connectivity index (χ4n) is 1.33. The highest BCUT2D eigenvalue weighted by molar-refractivity contribution is 6.33. The van der Waals surface area contributed by atoms with Crippen molar-refractivity contribution in [3.8, 4) is 6.07 Å². The average Bonchev–Trinajstić information content (AvgIpc) is 2.39. The van der Waals surface area contributed by atoms with E-state index < -0.39 is 5.91 Å². The number of aliphatic hydroxyl groups excluding tert-OH is 1. The fraction of sp³-hybridized carbons (Fsp3) is 0.231. The van der Waals surface area contributed by atoms with Crippen LogP contribution in [0.4, 0.5) is 5.69 Å². The molecule has 0 saturated carbocycles. The molecule has 6 heteroatoms. The van der Waals surface area contributed by atoms with E-state index in [0.29, 0.717) is 17.3 Å². The maximum Gasteiger partial charge on any atom is 0.267 e. The molecule has 0 aromatic heterocycles. The maximum absolute atomic E-state index is 11.9. The van der Waals surface area contributed by atoms with Crippen molar-refractivity contribution in [1.82, 2.24) is 4.90 Å². The summed E-state index contributed by atoms with van der Waals surface area (Å²) in [5.74, 6) is -0.541. The van der Waals surface area contributed by atoms with Crippen molar-refractivity contribution in [2.45, 2.75) is 0 Å². The third kappa shape index (κ3) is 4.62. The largest absolute Gasteiger partial charge is 0.395 e. The first kappa shape index (κ1) is 15.0. The van der Waals surface area contributed by atoms with E-state index in [1.54, 1.807) is 36.2 Å². The molecule has 0 bridgehead atoms. The summed E-state index contributed by atoms with van der Waals surface area (Å²) in [6.07, 6.45) is 1.38. The minimum Gasteiger partial charge on any atom is -0.395 e.